The van der Waals surface area contributed by atoms with Crippen LogP contribution in [0.1, 0.15) is 0 Å². The monoisotopic (exact) mass is 511 g/mol. The number of thiazole rings is 1. The summed E-state index contributed by atoms with van der Waals surface area (Å²) in [6.07, 6.45) is 1.18. The Hall–Kier alpha value is -2.24. The van der Waals surface area contributed by atoms with E-state index in [1.165, 1.54) is 17.6 Å². The summed E-state index contributed by atoms with van der Waals surface area (Å²) in [5, 5.41) is 0.528. The first-order chi connectivity index (χ1) is 15.4. The number of ether oxygens (including phenoxy) is 2. The number of nitrogens with zero attached hydrogens (tertiary/aromatic N) is 3. The van der Waals surface area contributed by atoms with Gasteiger partial charge in [-0.3, -0.25) is 14.6 Å². The lowest BCUT2D eigenvalue weighted by Gasteiger charge is -2.29. The molecule has 0 N–H and O–H groups in total. The summed E-state index contributed by atoms with van der Waals surface area (Å²) in [7, 11) is -3.33. The maximum Gasteiger partial charge on any atom is 0.266 e. The Labute approximate surface area is 203 Å². The van der Waals surface area contributed by atoms with Crippen LogP contribution < -0.4 is 9.64 Å². The topological polar surface area (TPSA) is 89.0 Å². The first-order valence-corrected chi connectivity index (χ1v) is 13.0. The molecule has 0 unspecified atom stereocenters. The van der Waals surface area contributed by atoms with E-state index in [0.717, 1.165) is 17.8 Å². The summed E-state index contributed by atoms with van der Waals surface area (Å²) >= 11 is 1.30. The first-order valence-electron chi connectivity index (χ1n) is 10.3. The molecule has 0 atom stereocenters. The molecule has 0 aliphatic carbocycles. The lowest BCUT2D eigenvalue weighted by molar-refractivity contribution is -0.120. The van der Waals surface area contributed by atoms with Gasteiger partial charge in [0, 0.05) is 32.4 Å². The van der Waals surface area contributed by atoms with Crippen LogP contribution in [0.25, 0.3) is 10.2 Å². The number of morpholine rings is 1. The predicted molar refractivity (Wildman–Crippen MR) is 132 cm³/mol. The Morgan fingerprint density at radius 2 is 1.91 bits per heavy atom. The molecule has 0 radical (unpaired) electrons. The average Bonchev–Trinajstić information content (AvgIpc) is 3.21. The van der Waals surface area contributed by atoms with Gasteiger partial charge in [0.15, 0.2) is 21.6 Å². The third-order valence-electron chi connectivity index (χ3n) is 5.16. The van der Waals surface area contributed by atoms with E-state index in [1.54, 1.807) is 35.2 Å². The van der Waals surface area contributed by atoms with Crippen molar-refractivity contribution in [2.75, 3.05) is 57.2 Å². The second-order valence-corrected chi connectivity index (χ2v) is 10.5. The molecule has 1 amide bonds. The van der Waals surface area contributed by atoms with Crippen LogP contribution in [0.4, 0.5) is 5.13 Å². The highest BCUT2D eigenvalue weighted by atomic mass is 35.5. The third-order valence-corrected chi connectivity index (χ3v) is 7.31. The quantitative estimate of drug-likeness (QED) is 0.459. The fraction of sp³-hybridized carbons (Fsp3) is 0.364. The number of rotatable bonds is 8. The molecule has 1 fully saturated rings. The summed E-state index contributed by atoms with van der Waals surface area (Å²) in [6, 6.07) is 14.0. The molecule has 0 bridgehead atoms. The molecule has 0 spiro atoms. The third kappa shape index (κ3) is 6.64. The molecule has 178 valence electrons. The Morgan fingerprint density at radius 1 is 1.18 bits per heavy atom. The second kappa shape index (κ2) is 11.3. The van der Waals surface area contributed by atoms with Crippen LogP contribution in [0.2, 0.25) is 0 Å². The van der Waals surface area contributed by atoms with E-state index in [1.807, 2.05) is 18.2 Å². The minimum atomic E-state index is -3.33. The number of halogens is 1. The highest BCUT2D eigenvalue weighted by Gasteiger charge is 2.22. The summed E-state index contributed by atoms with van der Waals surface area (Å²) in [5.74, 6) is 0.417. The Morgan fingerprint density at radius 3 is 2.61 bits per heavy atom. The van der Waals surface area contributed by atoms with Crippen LogP contribution >= 0.6 is 23.7 Å². The van der Waals surface area contributed by atoms with E-state index in [-0.39, 0.29) is 29.8 Å². The summed E-state index contributed by atoms with van der Waals surface area (Å²) in [6.45, 7) is 4.03. The zero-order chi connectivity index (χ0) is 22.6. The number of benzene rings is 2. The van der Waals surface area contributed by atoms with Crippen LogP contribution in [0.3, 0.4) is 0 Å². The van der Waals surface area contributed by atoms with Crippen molar-refractivity contribution in [1.29, 1.82) is 0 Å². The maximum atomic E-state index is 13.1. The molecular formula is C22H26ClN3O5S2. The minimum Gasteiger partial charge on any atom is -0.484 e. The molecule has 2 aromatic carbocycles. The van der Waals surface area contributed by atoms with E-state index in [2.05, 4.69) is 9.88 Å². The standard InChI is InChI=1S/C22H25N3O5S2.ClH/c1-32(27,28)18-7-8-19-20(15-18)31-22(23-19)25(10-9-24-11-13-29-14-12-24)21(26)16-30-17-5-3-2-4-6-17;/h2-8,15H,9-14,16H2,1H3;1H. The van der Waals surface area contributed by atoms with Gasteiger partial charge in [-0.05, 0) is 30.3 Å². The van der Waals surface area contributed by atoms with Crippen LogP contribution in [0.15, 0.2) is 53.4 Å². The normalized spacial score (nSPS) is 14.6. The first kappa shape index (κ1) is 25.4. The van der Waals surface area contributed by atoms with Crippen molar-refractivity contribution in [2.24, 2.45) is 0 Å². The number of hydrogen-bond donors (Lipinski definition) is 0. The molecule has 3 aromatic rings. The van der Waals surface area contributed by atoms with E-state index < -0.39 is 9.84 Å². The van der Waals surface area contributed by atoms with E-state index in [9.17, 15) is 13.2 Å². The van der Waals surface area contributed by atoms with Gasteiger partial charge in [-0.15, -0.1) is 12.4 Å². The molecule has 1 aliphatic heterocycles. The van der Waals surface area contributed by atoms with Crippen molar-refractivity contribution in [3.05, 3.63) is 48.5 Å². The molecule has 8 nitrogen and oxygen atoms in total. The molecule has 1 aliphatic rings. The number of carbonyl (C=O) groups excluding carboxylic acids is 1. The lowest BCUT2D eigenvalue weighted by Crippen LogP contribution is -2.44. The van der Waals surface area contributed by atoms with Crippen molar-refractivity contribution in [3.63, 3.8) is 0 Å². The molecule has 2 heterocycles. The van der Waals surface area contributed by atoms with Crippen LogP contribution in [0, 0.1) is 0 Å². The number of aromatic nitrogens is 1. The smallest absolute Gasteiger partial charge is 0.266 e. The van der Waals surface area contributed by atoms with Gasteiger partial charge in [-0.25, -0.2) is 13.4 Å². The van der Waals surface area contributed by atoms with Crippen molar-refractivity contribution < 1.29 is 22.7 Å². The van der Waals surface area contributed by atoms with Crippen molar-refractivity contribution >= 4 is 54.8 Å². The largest absolute Gasteiger partial charge is 0.484 e. The maximum absolute atomic E-state index is 13.1. The van der Waals surface area contributed by atoms with E-state index in [4.69, 9.17) is 9.47 Å². The lowest BCUT2D eigenvalue weighted by atomic mass is 10.3. The number of sulfone groups is 1. The molecule has 33 heavy (non-hydrogen) atoms. The fourth-order valence-corrected chi connectivity index (χ4v) is 5.14. The average molecular weight is 512 g/mol. The summed E-state index contributed by atoms with van der Waals surface area (Å²) in [4.78, 5) is 21.8. The zero-order valence-corrected chi connectivity index (χ0v) is 20.6. The highest BCUT2D eigenvalue weighted by molar-refractivity contribution is 7.90. The van der Waals surface area contributed by atoms with Gasteiger partial charge >= 0.3 is 0 Å². The van der Waals surface area contributed by atoms with E-state index in [0.29, 0.717) is 42.7 Å². The molecule has 0 saturated carbocycles. The Bertz CT molecular complexity index is 1180. The Kier molecular flexibility index (Phi) is 8.66. The van der Waals surface area contributed by atoms with Gasteiger partial charge in [0.05, 0.1) is 28.3 Å². The SMILES string of the molecule is CS(=O)(=O)c1ccc2nc(N(CCN3CCOCC3)C(=O)COc3ccccc3)sc2c1.Cl. The molecule has 1 saturated heterocycles. The number of hydrogen-bond acceptors (Lipinski definition) is 8. The number of amides is 1. The van der Waals surface area contributed by atoms with Gasteiger partial charge in [0.25, 0.3) is 5.91 Å². The minimum absolute atomic E-state index is 0. The predicted octanol–water partition coefficient (Wildman–Crippen LogP) is 2.87. The summed E-state index contributed by atoms with van der Waals surface area (Å²) in [5.41, 5.74) is 0.658. The van der Waals surface area contributed by atoms with Gasteiger partial charge < -0.3 is 9.47 Å². The fourth-order valence-electron chi connectivity index (χ4n) is 3.37. The van der Waals surface area contributed by atoms with Gasteiger partial charge in [-0.1, -0.05) is 29.5 Å². The van der Waals surface area contributed by atoms with Gasteiger partial charge in [0.1, 0.15) is 5.75 Å². The zero-order valence-electron chi connectivity index (χ0n) is 18.2. The van der Waals surface area contributed by atoms with Crippen molar-refractivity contribution in [2.45, 2.75) is 4.90 Å². The molecule has 1 aromatic heterocycles. The molecule has 4 rings (SSSR count). The van der Waals surface area contributed by atoms with Gasteiger partial charge in [0.2, 0.25) is 0 Å². The van der Waals surface area contributed by atoms with Gasteiger partial charge in [-0.2, -0.15) is 0 Å². The van der Waals surface area contributed by atoms with Crippen LogP contribution in [-0.2, 0) is 19.4 Å². The van der Waals surface area contributed by atoms with E-state index >= 15 is 0 Å². The van der Waals surface area contributed by atoms with Crippen LogP contribution in [0.5, 0.6) is 5.75 Å². The van der Waals surface area contributed by atoms with Crippen LogP contribution in [-0.4, -0.2) is 76.5 Å². The highest BCUT2D eigenvalue weighted by Crippen LogP contribution is 2.31. The number of para-hydroxylation sites is 1. The summed E-state index contributed by atoms with van der Waals surface area (Å²) < 4.78 is 35.6. The Balaban J connectivity index is 0.00000306. The second-order valence-electron chi connectivity index (χ2n) is 7.50. The number of anilines is 1. The molecular weight excluding hydrogens is 486 g/mol. The van der Waals surface area contributed by atoms with Crippen molar-refractivity contribution in [3.8, 4) is 5.75 Å². The number of fused-ring (bicyclic) bond motifs is 1. The van der Waals surface area contributed by atoms with Crippen molar-refractivity contribution in [1.82, 2.24) is 9.88 Å². The molecule has 11 heteroatoms. The number of carbonyl (C=O) groups is 1.